The van der Waals surface area contributed by atoms with E-state index < -0.39 is 53.6 Å². The van der Waals surface area contributed by atoms with Crippen LogP contribution in [0.5, 0.6) is 0 Å². The summed E-state index contributed by atoms with van der Waals surface area (Å²) in [6.45, 7) is 0. The fourth-order valence-corrected chi connectivity index (χ4v) is 2.61. The molecule has 0 aliphatic rings. The minimum Gasteiger partial charge on any atom is -0.479 e. The molecule has 0 aromatic heterocycles. The van der Waals surface area contributed by atoms with Gasteiger partial charge in [-0.1, -0.05) is 0 Å². The molecule has 0 aromatic rings. The van der Waals surface area contributed by atoms with Gasteiger partial charge < -0.3 is 14.6 Å². The van der Waals surface area contributed by atoms with Gasteiger partial charge in [0.15, 0.2) is 11.6 Å². The van der Waals surface area contributed by atoms with Crippen LogP contribution < -0.4 is 0 Å². The van der Waals surface area contributed by atoms with Crippen LogP contribution in [-0.4, -0.2) is 61.1 Å². The van der Waals surface area contributed by atoms with Crippen molar-refractivity contribution < 1.29 is 46.5 Å². The van der Waals surface area contributed by atoms with Crippen LogP contribution in [-0.2, 0) is 23.9 Å². The molecule has 0 radical (unpaired) electrons. The summed E-state index contributed by atoms with van der Waals surface area (Å²) in [5.74, 6) is -6.39. The molecule has 0 saturated heterocycles. The Bertz CT molecular complexity index is 433. The van der Waals surface area contributed by atoms with Crippen LogP contribution in [0.2, 0.25) is 0 Å². The third-order valence-corrected chi connectivity index (χ3v) is 3.85. The van der Waals surface area contributed by atoms with Crippen molar-refractivity contribution in [3.63, 3.8) is 0 Å². The van der Waals surface area contributed by atoms with Crippen LogP contribution in [0.4, 0.5) is 17.6 Å². The largest absolute Gasteiger partial charge is 0.479 e. The third kappa shape index (κ3) is 5.64. The zero-order valence-electron chi connectivity index (χ0n) is 12.3. The first-order valence-corrected chi connectivity index (χ1v) is 6.84. The molecule has 0 saturated carbocycles. The van der Waals surface area contributed by atoms with Gasteiger partial charge in [-0.05, 0) is 0 Å². The van der Waals surface area contributed by atoms with Crippen molar-refractivity contribution >= 4 is 29.7 Å². The summed E-state index contributed by atoms with van der Waals surface area (Å²) in [6.07, 6.45) is -9.82. The van der Waals surface area contributed by atoms with Gasteiger partial charge in [-0.2, -0.15) is 13.2 Å². The van der Waals surface area contributed by atoms with Crippen molar-refractivity contribution in [1.29, 1.82) is 0 Å². The summed E-state index contributed by atoms with van der Waals surface area (Å²) in [5.41, 5.74) is -3.38. The van der Waals surface area contributed by atoms with Gasteiger partial charge in [-0.15, -0.1) is 11.8 Å². The zero-order valence-corrected chi connectivity index (χ0v) is 19.5. The molecule has 0 rings (SSSR count). The fraction of sp³-hybridized carbons (Fsp3) is 0.727. The number of methoxy groups -OCH3 is 2. The Hall–Kier alpha value is -2.52. The van der Waals surface area contributed by atoms with Gasteiger partial charge in [-0.3, -0.25) is 9.59 Å². The molecule has 0 amide bonds. The Kier molecular flexibility index (Phi) is 8.72. The number of carboxylic acids is 1. The van der Waals surface area contributed by atoms with E-state index in [4.69, 9.17) is 5.11 Å². The van der Waals surface area contributed by atoms with Crippen molar-refractivity contribution in [3.05, 3.63) is 0 Å². The number of carbonyl (C=O) groups excluding carboxylic acids is 2. The van der Waals surface area contributed by atoms with Crippen LogP contribution in [0.25, 0.3) is 0 Å². The molecular weight excluding hydrogens is 603 g/mol. The Morgan fingerprint density at radius 3 is 2.04 bits per heavy atom. The maximum Gasteiger partial charge on any atom is 0.405 e. The second kappa shape index (κ2) is 8.81. The molecule has 0 aliphatic heterocycles. The summed E-state index contributed by atoms with van der Waals surface area (Å²) in [4.78, 5) is 32.9. The van der Waals surface area contributed by atoms with Crippen molar-refractivity contribution in [1.82, 2.24) is 0 Å². The second-order valence-electron chi connectivity index (χ2n) is 4.15. The monoisotopic (exact) mass is 617 g/mol. The number of hydrogen-bond acceptors (Lipinski definition) is 6. The van der Waals surface area contributed by atoms with E-state index in [1.165, 1.54) is 0 Å². The van der Waals surface area contributed by atoms with Gasteiger partial charge in [0.25, 0.3) is 0 Å². The Balaban J connectivity index is 0. The number of rotatable bonds is 8. The van der Waals surface area contributed by atoms with Gasteiger partial charge >= 0.3 is 24.1 Å². The Morgan fingerprint density at radius 2 is 1.70 bits per heavy atom. The van der Waals surface area contributed by atoms with Crippen molar-refractivity contribution in [3.8, 4) is 0 Å². The number of carboxylic acid groups (broad SMARTS) is 1. The van der Waals surface area contributed by atoms with Gasteiger partial charge in [0, 0.05) is 12.2 Å². The molecule has 0 heterocycles. The van der Waals surface area contributed by atoms with Gasteiger partial charge in [-0.25, -0.2) is 9.18 Å². The first-order chi connectivity index (χ1) is 10.0. The fourth-order valence-electron chi connectivity index (χ4n) is 1.47. The molecule has 1 N–H and O–H groups in total. The first-order valence-electron chi connectivity index (χ1n) is 5.68. The van der Waals surface area contributed by atoms with Crippen LogP contribution in [0, 0.1) is 5.41 Å². The standard InChI is InChI=1S/C11H14F4O6S.Rf/c1-20-7(16)4-22-5-10(9(19)21-2,11(13,14)15)3-6(12)8(17)18;/h6H,3-5H2,1-2H3,(H,17,18);. The van der Waals surface area contributed by atoms with Gasteiger partial charge in [0.2, 0.25) is 0 Å². The van der Waals surface area contributed by atoms with E-state index in [0.29, 0.717) is 18.9 Å². The molecule has 6 nitrogen and oxygen atoms in total. The molecule has 0 bridgehead atoms. The number of ether oxygens (including phenoxy) is 2. The predicted octanol–water partition coefficient (Wildman–Crippen LogP) is 1.43. The first kappa shape index (κ1) is 22.8. The smallest absolute Gasteiger partial charge is 0.405 e. The van der Waals surface area contributed by atoms with E-state index in [1.54, 1.807) is 0 Å². The van der Waals surface area contributed by atoms with E-state index in [-0.39, 0.29) is 0 Å². The Morgan fingerprint density at radius 1 is 1.17 bits per heavy atom. The van der Waals surface area contributed by atoms with Crippen molar-refractivity contribution in [2.24, 2.45) is 5.41 Å². The van der Waals surface area contributed by atoms with Crippen LogP contribution in [0.15, 0.2) is 0 Å². The maximum absolute atomic E-state index is 13.3. The number of alkyl halides is 4. The topological polar surface area (TPSA) is 89.9 Å². The average Bonchev–Trinajstić information content (AvgIpc) is 2.43. The molecule has 0 aromatic carbocycles. The van der Waals surface area contributed by atoms with Gasteiger partial charge in [0.05, 0.1) is 20.0 Å². The van der Waals surface area contributed by atoms with Crippen molar-refractivity contribution in [2.45, 2.75) is 18.8 Å². The minimum atomic E-state index is -5.26. The maximum atomic E-state index is 13.3. The quantitative estimate of drug-likeness (QED) is 0.326. The summed E-state index contributed by atoms with van der Waals surface area (Å²) < 4.78 is 61.3. The van der Waals surface area contributed by atoms with Crippen LogP contribution in [0.3, 0.4) is 0 Å². The molecule has 0 fully saturated rings. The van der Waals surface area contributed by atoms with E-state index in [0.717, 1.165) is 7.11 Å². The van der Waals surface area contributed by atoms with E-state index in [9.17, 15) is 31.9 Å². The summed E-state index contributed by atoms with van der Waals surface area (Å²) in [6, 6.07) is 0. The minimum absolute atomic E-state index is 0. The molecule has 0 spiro atoms. The van der Waals surface area contributed by atoms with E-state index in [1.807, 2.05) is 0 Å². The van der Waals surface area contributed by atoms with E-state index in [2.05, 4.69) is 9.47 Å². The molecule has 23 heavy (non-hydrogen) atoms. The molecule has 2 unspecified atom stereocenters. The number of esters is 2. The normalized spacial score (nSPS) is 14.9. The molecular formula is C11H14F4O6RfS. The summed E-state index contributed by atoms with van der Waals surface area (Å²) >= 11 is 0.362. The molecule has 130 valence electrons. The van der Waals surface area contributed by atoms with Crippen LogP contribution >= 0.6 is 11.8 Å². The third-order valence-electron chi connectivity index (χ3n) is 2.71. The van der Waals surface area contributed by atoms with Crippen LogP contribution in [0.1, 0.15) is 6.42 Å². The summed E-state index contributed by atoms with van der Waals surface area (Å²) in [7, 11) is 1.68. The summed E-state index contributed by atoms with van der Waals surface area (Å²) in [5, 5.41) is 8.44. The van der Waals surface area contributed by atoms with E-state index >= 15 is 0 Å². The number of hydrogen-bond donors (Lipinski definition) is 1. The second-order valence-corrected chi connectivity index (χ2v) is 5.14. The number of carbonyl (C=O) groups is 3. The SMILES string of the molecule is COC(=O)CSCC(CC(F)C(=O)O)(C(=O)OC)C(F)(F)F.[Rf]. The van der Waals surface area contributed by atoms with Crippen molar-refractivity contribution in [2.75, 3.05) is 25.7 Å². The molecule has 2 atom stereocenters. The number of halogens is 4. The molecule has 12 heteroatoms. The predicted molar refractivity (Wildman–Crippen MR) is 67.0 cm³/mol. The average molecular weight is 617 g/mol. The molecule has 0 aliphatic carbocycles. The zero-order chi connectivity index (χ0) is 17.6. The van der Waals surface area contributed by atoms with Gasteiger partial charge in [0.1, 0.15) is 0 Å². The number of aliphatic carboxylic acids is 1. The Labute approximate surface area is 127 Å². The number of thioether (sulfide) groups is 1.